The van der Waals surface area contributed by atoms with Gasteiger partial charge in [-0.1, -0.05) is 0 Å². The van der Waals surface area contributed by atoms with Gasteiger partial charge in [0.05, 0.1) is 12.6 Å². The van der Waals surface area contributed by atoms with Gasteiger partial charge in [-0.15, -0.1) is 0 Å². The van der Waals surface area contributed by atoms with Crippen LogP contribution in [0.5, 0.6) is 0 Å². The molecule has 1 aliphatic heterocycles. The molecule has 0 aromatic rings. The van der Waals surface area contributed by atoms with Crippen LogP contribution >= 0.6 is 0 Å². The number of ketones is 1. The standard InChI is InChI=1S/C7H13N2O2/c10-4-1-7(11)6-5-8-2-3-9-6/h6,8,10H,1-5H2. The average Bonchev–Trinajstić information content (AvgIpc) is 2.07. The van der Waals surface area contributed by atoms with Gasteiger partial charge in [-0.2, -0.15) is 0 Å². The maximum atomic E-state index is 11.1. The highest BCUT2D eigenvalue weighted by atomic mass is 16.3. The van der Waals surface area contributed by atoms with Crippen LogP contribution in [0.4, 0.5) is 0 Å². The topological polar surface area (TPSA) is 63.4 Å². The van der Waals surface area contributed by atoms with Gasteiger partial charge in [0, 0.05) is 26.1 Å². The number of rotatable bonds is 3. The maximum absolute atomic E-state index is 11.1. The van der Waals surface area contributed by atoms with E-state index >= 15 is 0 Å². The largest absolute Gasteiger partial charge is 0.396 e. The lowest BCUT2D eigenvalue weighted by Crippen LogP contribution is -2.48. The van der Waals surface area contributed by atoms with Gasteiger partial charge in [0.15, 0.2) is 5.78 Å². The third kappa shape index (κ3) is 2.57. The summed E-state index contributed by atoms with van der Waals surface area (Å²) in [6.07, 6.45) is 0.232. The van der Waals surface area contributed by atoms with Crippen molar-refractivity contribution in [1.82, 2.24) is 10.6 Å². The summed E-state index contributed by atoms with van der Waals surface area (Å²) in [7, 11) is 0. The third-order valence-corrected chi connectivity index (χ3v) is 1.71. The van der Waals surface area contributed by atoms with E-state index in [0.717, 1.165) is 6.54 Å². The van der Waals surface area contributed by atoms with Gasteiger partial charge < -0.3 is 10.4 Å². The second-order valence-corrected chi connectivity index (χ2v) is 2.57. The molecule has 1 fully saturated rings. The van der Waals surface area contributed by atoms with Crippen molar-refractivity contribution in [2.24, 2.45) is 0 Å². The summed E-state index contributed by atoms with van der Waals surface area (Å²) in [5.74, 6) is 0.0414. The monoisotopic (exact) mass is 157 g/mol. The van der Waals surface area contributed by atoms with Crippen LogP contribution in [-0.4, -0.2) is 43.2 Å². The molecule has 0 saturated carbocycles. The van der Waals surface area contributed by atoms with Crippen LogP contribution in [0.1, 0.15) is 6.42 Å². The van der Waals surface area contributed by atoms with Crippen molar-refractivity contribution >= 4 is 5.78 Å². The number of nitrogens with one attached hydrogen (secondary N) is 1. The first-order valence-corrected chi connectivity index (χ1v) is 3.85. The lowest BCUT2D eigenvalue weighted by Gasteiger charge is -2.20. The zero-order chi connectivity index (χ0) is 8.10. The van der Waals surface area contributed by atoms with Gasteiger partial charge in [0.2, 0.25) is 0 Å². The summed E-state index contributed by atoms with van der Waals surface area (Å²) in [4.78, 5) is 11.1. The Morgan fingerprint density at radius 1 is 1.73 bits per heavy atom. The summed E-state index contributed by atoms with van der Waals surface area (Å²) in [6, 6.07) is -0.212. The van der Waals surface area contributed by atoms with Crippen LogP contribution in [0.2, 0.25) is 0 Å². The molecule has 0 spiro atoms. The molecule has 1 radical (unpaired) electrons. The number of nitrogens with zero attached hydrogens (tertiary/aromatic N) is 1. The summed E-state index contributed by atoms with van der Waals surface area (Å²) in [5, 5.41) is 15.7. The SMILES string of the molecule is O=C(CCO)C1CNCC[N]1. The minimum atomic E-state index is -0.212. The van der Waals surface area contributed by atoms with Gasteiger partial charge in [-0.05, 0) is 0 Å². The van der Waals surface area contributed by atoms with Gasteiger partial charge >= 0.3 is 0 Å². The van der Waals surface area contributed by atoms with Gasteiger partial charge in [0.1, 0.15) is 0 Å². The van der Waals surface area contributed by atoms with Crippen molar-refractivity contribution < 1.29 is 9.90 Å². The highest BCUT2D eigenvalue weighted by Gasteiger charge is 2.20. The maximum Gasteiger partial charge on any atom is 0.154 e. The minimum absolute atomic E-state index is 0.0414. The number of hydrogen-bond acceptors (Lipinski definition) is 3. The molecule has 1 heterocycles. The molecule has 2 N–H and O–H groups in total. The normalized spacial score (nSPS) is 25.0. The Kier molecular flexibility index (Phi) is 3.48. The molecular formula is C7H13N2O2. The lowest BCUT2D eigenvalue weighted by atomic mass is 10.1. The van der Waals surface area contributed by atoms with Gasteiger partial charge in [-0.3, -0.25) is 4.79 Å². The Morgan fingerprint density at radius 3 is 3.09 bits per heavy atom. The smallest absolute Gasteiger partial charge is 0.154 e. The average molecular weight is 157 g/mol. The van der Waals surface area contributed by atoms with E-state index in [1.165, 1.54) is 0 Å². The Hall–Kier alpha value is -0.450. The number of carbonyl (C=O) groups is 1. The van der Waals surface area contributed by atoms with Crippen LogP contribution in [0.15, 0.2) is 0 Å². The molecular weight excluding hydrogens is 144 g/mol. The third-order valence-electron chi connectivity index (χ3n) is 1.71. The van der Waals surface area contributed by atoms with E-state index in [4.69, 9.17) is 5.11 Å². The van der Waals surface area contributed by atoms with E-state index < -0.39 is 0 Å². The summed E-state index contributed by atoms with van der Waals surface area (Å²) in [6.45, 7) is 2.15. The fourth-order valence-electron chi connectivity index (χ4n) is 1.10. The Labute approximate surface area is 66.0 Å². The van der Waals surface area contributed by atoms with Crippen LogP contribution in [0.3, 0.4) is 0 Å². The first-order chi connectivity index (χ1) is 5.34. The molecule has 1 unspecified atom stereocenters. The molecule has 11 heavy (non-hydrogen) atoms. The molecule has 1 atom stereocenters. The molecule has 1 aliphatic rings. The predicted molar refractivity (Wildman–Crippen MR) is 40.4 cm³/mol. The van der Waals surface area contributed by atoms with E-state index in [0.29, 0.717) is 13.1 Å². The van der Waals surface area contributed by atoms with E-state index in [-0.39, 0.29) is 24.9 Å². The fraction of sp³-hybridized carbons (Fsp3) is 0.857. The van der Waals surface area contributed by atoms with E-state index in [1.54, 1.807) is 0 Å². The molecule has 0 amide bonds. The van der Waals surface area contributed by atoms with Crippen molar-refractivity contribution in [3.8, 4) is 0 Å². The number of carbonyl (C=O) groups excluding carboxylic acids is 1. The number of aliphatic hydroxyl groups excluding tert-OH is 1. The van der Waals surface area contributed by atoms with Gasteiger partial charge in [-0.25, -0.2) is 5.32 Å². The zero-order valence-corrected chi connectivity index (χ0v) is 6.42. The quantitative estimate of drug-likeness (QED) is 0.525. The van der Waals surface area contributed by atoms with Crippen molar-refractivity contribution in [2.45, 2.75) is 12.5 Å². The second kappa shape index (κ2) is 4.43. The first-order valence-electron chi connectivity index (χ1n) is 3.85. The molecule has 4 nitrogen and oxygen atoms in total. The minimum Gasteiger partial charge on any atom is -0.396 e. The van der Waals surface area contributed by atoms with Crippen LogP contribution < -0.4 is 10.6 Å². The molecule has 0 aliphatic carbocycles. The Balaban J connectivity index is 2.27. The lowest BCUT2D eigenvalue weighted by molar-refractivity contribution is -0.121. The van der Waals surface area contributed by atoms with Crippen molar-refractivity contribution in [3.05, 3.63) is 0 Å². The number of Topliss-reactive ketones (excluding diaryl/α,β-unsaturated/α-hetero) is 1. The predicted octanol–water partition coefficient (Wildman–Crippen LogP) is -1.49. The van der Waals surface area contributed by atoms with Gasteiger partial charge in [0.25, 0.3) is 0 Å². The molecule has 1 rings (SSSR count). The Bertz CT molecular complexity index is 132. The molecule has 1 saturated heterocycles. The van der Waals surface area contributed by atoms with E-state index in [1.807, 2.05) is 0 Å². The molecule has 0 bridgehead atoms. The highest BCUT2D eigenvalue weighted by Crippen LogP contribution is 1.94. The first kappa shape index (κ1) is 8.64. The van der Waals surface area contributed by atoms with Crippen LogP contribution in [-0.2, 0) is 4.79 Å². The number of piperazine rings is 1. The van der Waals surface area contributed by atoms with Crippen molar-refractivity contribution in [2.75, 3.05) is 26.2 Å². The number of hydrogen-bond donors (Lipinski definition) is 2. The van der Waals surface area contributed by atoms with Crippen molar-refractivity contribution in [1.29, 1.82) is 0 Å². The molecule has 0 aromatic carbocycles. The number of aliphatic hydroxyl groups is 1. The zero-order valence-electron chi connectivity index (χ0n) is 6.42. The van der Waals surface area contributed by atoms with Crippen LogP contribution in [0.25, 0.3) is 0 Å². The molecule has 4 heteroatoms. The van der Waals surface area contributed by atoms with Crippen molar-refractivity contribution in [3.63, 3.8) is 0 Å². The second-order valence-electron chi connectivity index (χ2n) is 2.57. The summed E-state index contributed by atoms with van der Waals surface area (Å²) >= 11 is 0. The molecule has 63 valence electrons. The van der Waals surface area contributed by atoms with E-state index in [9.17, 15) is 4.79 Å². The van der Waals surface area contributed by atoms with Crippen LogP contribution in [0, 0.1) is 0 Å². The molecule has 0 aromatic heterocycles. The van der Waals surface area contributed by atoms with E-state index in [2.05, 4.69) is 10.6 Å². The highest BCUT2D eigenvalue weighted by molar-refractivity contribution is 5.84. The fourth-order valence-corrected chi connectivity index (χ4v) is 1.10. The summed E-state index contributed by atoms with van der Waals surface area (Å²) in [5.41, 5.74) is 0. The Morgan fingerprint density at radius 2 is 2.55 bits per heavy atom. The summed E-state index contributed by atoms with van der Waals surface area (Å²) < 4.78 is 0.